The highest BCUT2D eigenvalue weighted by Gasteiger charge is 1.97. The van der Waals surface area contributed by atoms with Crippen LogP contribution in [0.2, 0.25) is 0 Å². The molecular weight excluding hydrogens is 210 g/mol. The molecule has 1 nitrogen and oxygen atoms in total. The largest absolute Gasteiger partial charge is 0.253 e. The van der Waals surface area contributed by atoms with Gasteiger partial charge in [0.05, 0.1) is 5.52 Å². The first-order chi connectivity index (χ1) is 6.79. The Kier molecular flexibility index (Phi) is 2.99. The van der Waals surface area contributed by atoms with Gasteiger partial charge in [-0.3, -0.25) is 4.98 Å². The highest BCUT2D eigenvalue weighted by Crippen LogP contribution is 2.30. The van der Waals surface area contributed by atoms with Crippen LogP contribution in [0.3, 0.4) is 0 Å². The molecule has 0 saturated carbocycles. The van der Waals surface area contributed by atoms with Crippen molar-refractivity contribution >= 4 is 32.5 Å². The summed E-state index contributed by atoms with van der Waals surface area (Å²) in [5, 5.41) is 1.22. The third-order valence-electron chi connectivity index (χ3n) is 1.98. The number of pyridine rings is 1. The molecule has 0 spiro atoms. The van der Waals surface area contributed by atoms with Gasteiger partial charge in [-0.2, -0.15) is 0 Å². The molecule has 2 rings (SSSR count). The summed E-state index contributed by atoms with van der Waals surface area (Å²) in [6.07, 6.45) is 2.09. The Morgan fingerprint density at radius 1 is 1.14 bits per heavy atom. The van der Waals surface area contributed by atoms with Crippen LogP contribution in [0.25, 0.3) is 10.9 Å². The first kappa shape index (κ1) is 9.87. The first-order valence-electron chi connectivity index (χ1n) is 4.37. The van der Waals surface area contributed by atoms with E-state index in [9.17, 15) is 0 Å². The van der Waals surface area contributed by atoms with Crippen molar-refractivity contribution in [3.63, 3.8) is 0 Å². The summed E-state index contributed by atoms with van der Waals surface area (Å²) in [6, 6.07) is 10.6. The third kappa shape index (κ3) is 2.04. The fourth-order valence-corrected chi connectivity index (χ4v) is 2.73. The minimum absolute atomic E-state index is 1.07. The van der Waals surface area contributed by atoms with Crippen LogP contribution in [-0.4, -0.2) is 11.2 Å². The third-order valence-corrected chi connectivity index (χ3v) is 3.67. The molecule has 0 radical (unpaired) electrons. The van der Waals surface area contributed by atoms with Gasteiger partial charge < -0.3 is 0 Å². The Labute approximate surface area is 91.7 Å². The predicted octanol–water partition coefficient (Wildman–Crippen LogP) is 3.91. The van der Waals surface area contributed by atoms with Crippen LogP contribution in [-0.2, 0) is 0 Å². The van der Waals surface area contributed by atoms with Crippen LogP contribution in [0.4, 0.5) is 0 Å². The summed E-state index contributed by atoms with van der Waals surface area (Å²) in [7, 11) is 3.55. The SMILES string of the molecule is CSSc1ccc2nc(C)ccc2c1. The second kappa shape index (κ2) is 4.24. The fourth-order valence-electron chi connectivity index (χ4n) is 1.35. The van der Waals surface area contributed by atoms with E-state index in [0.29, 0.717) is 0 Å². The maximum Gasteiger partial charge on any atom is 0.0705 e. The molecular formula is C11H11NS2. The van der Waals surface area contributed by atoms with Gasteiger partial charge in [-0.25, -0.2) is 0 Å². The van der Waals surface area contributed by atoms with Gasteiger partial charge in [-0.15, -0.1) is 0 Å². The average Bonchev–Trinajstić information content (AvgIpc) is 2.19. The molecule has 0 atom stereocenters. The van der Waals surface area contributed by atoms with Crippen LogP contribution < -0.4 is 0 Å². The Morgan fingerprint density at radius 2 is 2.00 bits per heavy atom. The molecule has 0 aliphatic heterocycles. The average molecular weight is 221 g/mol. The van der Waals surface area contributed by atoms with Crippen LogP contribution in [0.15, 0.2) is 35.2 Å². The molecule has 72 valence electrons. The van der Waals surface area contributed by atoms with Crippen molar-refractivity contribution in [1.82, 2.24) is 4.98 Å². The van der Waals surface area contributed by atoms with Crippen molar-refractivity contribution in [2.24, 2.45) is 0 Å². The van der Waals surface area contributed by atoms with Gasteiger partial charge >= 0.3 is 0 Å². The van der Waals surface area contributed by atoms with Gasteiger partial charge in [0.25, 0.3) is 0 Å². The number of fused-ring (bicyclic) bond motifs is 1. The number of hydrogen-bond acceptors (Lipinski definition) is 3. The molecule has 0 aliphatic carbocycles. The van der Waals surface area contributed by atoms with Crippen molar-refractivity contribution in [3.8, 4) is 0 Å². The molecule has 0 saturated heterocycles. The van der Waals surface area contributed by atoms with E-state index in [1.807, 2.05) is 6.92 Å². The summed E-state index contributed by atoms with van der Waals surface area (Å²) in [6.45, 7) is 2.02. The van der Waals surface area contributed by atoms with E-state index in [2.05, 4.69) is 41.6 Å². The number of benzene rings is 1. The molecule has 0 unspecified atom stereocenters. The van der Waals surface area contributed by atoms with E-state index in [1.165, 1.54) is 10.3 Å². The Morgan fingerprint density at radius 3 is 2.79 bits per heavy atom. The fraction of sp³-hybridized carbons (Fsp3) is 0.182. The zero-order chi connectivity index (χ0) is 9.97. The lowest BCUT2D eigenvalue weighted by atomic mass is 10.2. The molecule has 1 heterocycles. The first-order valence-corrected chi connectivity index (χ1v) is 6.93. The highest BCUT2D eigenvalue weighted by molar-refractivity contribution is 8.76. The van der Waals surface area contributed by atoms with Crippen molar-refractivity contribution in [2.75, 3.05) is 6.26 Å². The molecule has 0 fully saturated rings. The van der Waals surface area contributed by atoms with E-state index < -0.39 is 0 Å². The molecule has 0 bridgehead atoms. The standard InChI is InChI=1S/C11H11NS2/c1-8-3-4-9-7-10(14-13-2)5-6-11(9)12-8/h3-7H,1-2H3. The van der Waals surface area contributed by atoms with Crippen molar-refractivity contribution in [3.05, 3.63) is 36.0 Å². The molecule has 1 aromatic carbocycles. The number of aromatic nitrogens is 1. The second-order valence-corrected chi connectivity index (χ2v) is 5.53. The molecule has 0 amide bonds. The highest BCUT2D eigenvalue weighted by atomic mass is 33.1. The normalized spacial score (nSPS) is 10.7. The van der Waals surface area contributed by atoms with Gasteiger partial charge in [-0.1, -0.05) is 27.7 Å². The summed E-state index contributed by atoms with van der Waals surface area (Å²) in [5.74, 6) is 0. The molecule has 0 N–H and O–H groups in total. The topological polar surface area (TPSA) is 12.9 Å². The van der Waals surface area contributed by atoms with Crippen molar-refractivity contribution in [2.45, 2.75) is 11.8 Å². The maximum atomic E-state index is 4.46. The minimum atomic E-state index is 1.07. The van der Waals surface area contributed by atoms with Crippen LogP contribution in [0.1, 0.15) is 5.69 Å². The number of hydrogen-bond donors (Lipinski definition) is 0. The number of aryl methyl sites for hydroxylation is 1. The zero-order valence-corrected chi connectivity index (χ0v) is 9.78. The van der Waals surface area contributed by atoms with E-state index >= 15 is 0 Å². The molecule has 2 aromatic rings. The lowest BCUT2D eigenvalue weighted by molar-refractivity contribution is 1.25. The van der Waals surface area contributed by atoms with Gasteiger partial charge in [0.1, 0.15) is 0 Å². The molecule has 3 heteroatoms. The van der Waals surface area contributed by atoms with Crippen LogP contribution >= 0.6 is 21.6 Å². The van der Waals surface area contributed by atoms with Gasteiger partial charge in [-0.05, 0) is 37.4 Å². The van der Waals surface area contributed by atoms with Crippen molar-refractivity contribution in [1.29, 1.82) is 0 Å². The molecule has 1 aromatic heterocycles. The van der Waals surface area contributed by atoms with Gasteiger partial charge in [0.2, 0.25) is 0 Å². The summed E-state index contributed by atoms with van der Waals surface area (Å²) in [4.78, 5) is 5.75. The van der Waals surface area contributed by atoms with E-state index in [1.54, 1.807) is 21.6 Å². The van der Waals surface area contributed by atoms with Crippen LogP contribution in [0.5, 0.6) is 0 Å². The Hall–Kier alpha value is -0.670. The molecule has 0 aliphatic rings. The summed E-state index contributed by atoms with van der Waals surface area (Å²) >= 11 is 0. The van der Waals surface area contributed by atoms with Gasteiger partial charge in [0.15, 0.2) is 0 Å². The summed E-state index contributed by atoms with van der Waals surface area (Å²) in [5.41, 5.74) is 2.15. The zero-order valence-electron chi connectivity index (χ0n) is 8.15. The quantitative estimate of drug-likeness (QED) is 0.714. The number of rotatable bonds is 2. The Balaban J connectivity index is 2.50. The maximum absolute atomic E-state index is 4.46. The lowest BCUT2D eigenvalue weighted by Gasteiger charge is -2.01. The van der Waals surface area contributed by atoms with E-state index in [4.69, 9.17) is 0 Å². The minimum Gasteiger partial charge on any atom is -0.253 e. The molecule has 14 heavy (non-hydrogen) atoms. The van der Waals surface area contributed by atoms with Crippen molar-refractivity contribution < 1.29 is 0 Å². The van der Waals surface area contributed by atoms with Gasteiger partial charge in [0, 0.05) is 16.0 Å². The van der Waals surface area contributed by atoms with E-state index in [0.717, 1.165) is 11.2 Å². The van der Waals surface area contributed by atoms with Crippen LogP contribution in [0, 0.1) is 6.92 Å². The monoisotopic (exact) mass is 221 g/mol. The summed E-state index contributed by atoms with van der Waals surface area (Å²) < 4.78 is 0. The Bertz CT molecular complexity index is 454. The second-order valence-electron chi connectivity index (χ2n) is 3.06. The smallest absolute Gasteiger partial charge is 0.0705 e. The number of nitrogens with zero attached hydrogens (tertiary/aromatic N) is 1. The lowest BCUT2D eigenvalue weighted by Crippen LogP contribution is -1.82. The van der Waals surface area contributed by atoms with E-state index in [-0.39, 0.29) is 0 Å². The predicted molar refractivity (Wildman–Crippen MR) is 65.9 cm³/mol.